The summed E-state index contributed by atoms with van der Waals surface area (Å²) in [6.45, 7) is 6.33. The highest BCUT2D eigenvalue weighted by molar-refractivity contribution is 5.45. The molecule has 7 heteroatoms. The Morgan fingerprint density at radius 3 is 2.40 bits per heavy atom. The number of hydrogen-bond donors (Lipinski definition) is 2. The van der Waals surface area contributed by atoms with Gasteiger partial charge in [0.2, 0.25) is 17.8 Å². The minimum Gasteiger partial charge on any atom is -0.341 e. The highest BCUT2D eigenvalue weighted by Gasteiger charge is 2.25. The maximum absolute atomic E-state index is 5.50. The minimum absolute atomic E-state index is 0.455. The summed E-state index contributed by atoms with van der Waals surface area (Å²) in [6.07, 6.45) is 4.83. The van der Waals surface area contributed by atoms with E-state index >= 15 is 0 Å². The minimum atomic E-state index is 0.455. The number of nitrogen functional groups attached to an aromatic ring is 1. The van der Waals surface area contributed by atoms with Crippen molar-refractivity contribution in [2.24, 2.45) is 11.8 Å². The number of nitrogens with one attached hydrogen (secondary N) is 1. The second-order valence-corrected chi connectivity index (χ2v) is 5.61. The van der Waals surface area contributed by atoms with Crippen LogP contribution >= 0.6 is 0 Å². The van der Waals surface area contributed by atoms with Gasteiger partial charge in [0.1, 0.15) is 0 Å². The first-order valence-corrected chi connectivity index (χ1v) is 7.52. The Kier molecular flexibility index (Phi) is 3.86. The van der Waals surface area contributed by atoms with Crippen LogP contribution in [-0.2, 0) is 0 Å². The smallest absolute Gasteiger partial charge is 0.243 e. The summed E-state index contributed by atoms with van der Waals surface area (Å²) >= 11 is 0. The lowest BCUT2D eigenvalue weighted by atomic mass is 10.1. The molecule has 0 radical (unpaired) electrons. The van der Waals surface area contributed by atoms with E-state index in [9.17, 15) is 0 Å². The molecule has 3 N–H and O–H groups in total. The fraction of sp³-hybridized carbons (Fsp3) is 0.769. The Bertz CT molecular complexity index is 458. The van der Waals surface area contributed by atoms with Crippen molar-refractivity contribution in [2.45, 2.75) is 32.6 Å². The summed E-state index contributed by atoms with van der Waals surface area (Å²) in [5.41, 5.74) is 2.56. The van der Waals surface area contributed by atoms with Crippen LogP contribution in [0, 0.1) is 5.92 Å². The van der Waals surface area contributed by atoms with Gasteiger partial charge in [0.05, 0.1) is 0 Å². The van der Waals surface area contributed by atoms with Crippen LogP contribution in [0.15, 0.2) is 0 Å². The van der Waals surface area contributed by atoms with Crippen molar-refractivity contribution in [2.75, 3.05) is 41.4 Å². The largest absolute Gasteiger partial charge is 0.341 e. The van der Waals surface area contributed by atoms with Crippen molar-refractivity contribution in [3.63, 3.8) is 0 Å². The third-order valence-corrected chi connectivity index (χ3v) is 4.28. The van der Waals surface area contributed by atoms with Gasteiger partial charge in [0.25, 0.3) is 0 Å². The Labute approximate surface area is 119 Å². The monoisotopic (exact) mass is 277 g/mol. The van der Waals surface area contributed by atoms with Crippen molar-refractivity contribution >= 4 is 17.8 Å². The second kappa shape index (κ2) is 5.78. The van der Waals surface area contributed by atoms with Crippen molar-refractivity contribution in [1.29, 1.82) is 0 Å². The maximum Gasteiger partial charge on any atom is 0.243 e. The lowest BCUT2D eigenvalue weighted by molar-refractivity contribution is 0.568. The highest BCUT2D eigenvalue weighted by Crippen LogP contribution is 2.25. The Balaban J connectivity index is 1.84. The van der Waals surface area contributed by atoms with E-state index in [2.05, 4.69) is 37.1 Å². The van der Waals surface area contributed by atoms with Gasteiger partial charge in [0, 0.05) is 26.2 Å². The van der Waals surface area contributed by atoms with Crippen LogP contribution in [0.1, 0.15) is 32.6 Å². The van der Waals surface area contributed by atoms with Gasteiger partial charge in [-0.25, -0.2) is 5.84 Å². The van der Waals surface area contributed by atoms with Gasteiger partial charge in [-0.1, -0.05) is 13.3 Å². The molecule has 0 spiro atoms. The second-order valence-electron chi connectivity index (χ2n) is 5.61. The molecule has 0 aliphatic carbocycles. The van der Waals surface area contributed by atoms with Crippen LogP contribution in [0.2, 0.25) is 0 Å². The molecule has 0 amide bonds. The molecule has 2 saturated heterocycles. The number of aromatic nitrogens is 3. The van der Waals surface area contributed by atoms with E-state index in [4.69, 9.17) is 5.84 Å². The predicted molar refractivity (Wildman–Crippen MR) is 79.7 cm³/mol. The van der Waals surface area contributed by atoms with E-state index in [0.717, 1.165) is 44.0 Å². The predicted octanol–water partition coefficient (Wildman–Crippen LogP) is 0.994. The number of anilines is 3. The zero-order valence-electron chi connectivity index (χ0n) is 12.0. The van der Waals surface area contributed by atoms with Gasteiger partial charge in [-0.2, -0.15) is 15.0 Å². The quantitative estimate of drug-likeness (QED) is 0.627. The standard InChI is InChI=1S/C13H23N7/c1-2-10-5-8-20(9-10)13-16-11(18-14)15-12(17-13)19-6-3-4-7-19/h10H,2-9,14H2,1H3,(H,15,16,17,18). The third-order valence-electron chi connectivity index (χ3n) is 4.28. The van der Waals surface area contributed by atoms with Crippen molar-refractivity contribution < 1.29 is 0 Å². The van der Waals surface area contributed by atoms with Gasteiger partial charge in [-0.05, 0) is 25.2 Å². The molecule has 1 aromatic rings. The molecule has 0 aromatic carbocycles. The lowest BCUT2D eigenvalue weighted by Crippen LogP contribution is -2.27. The van der Waals surface area contributed by atoms with Crippen molar-refractivity contribution in [1.82, 2.24) is 15.0 Å². The Hall–Kier alpha value is -1.63. The van der Waals surface area contributed by atoms with Gasteiger partial charge < -0.3 is 9.80 Å². The van der Waals surface area contributed by atoms with Crippen molar-refractivity contribution in [3.05, 3.63) is 0 Å². The average Bonchev–Trinajstić information content (AvgIpc) is 3.17. The van der Waals surface area contributed by atoms with Crippen LogP contribution in [0.25, 0.3) is 0 Å². The first-order valence-electron chi connectivity index (χ1n) is 7.52. The molecule has 1 aromatic heterocycles. The average molecular weight is 277 g/mol. The number of nitrogens with two attached hydrogens (primary N) is 1. The van der Waals surface area contributed by atoms with E-state index in [-0.39, 0.29) is 0 Å². The molecule has 0 bridgehead atoms. The number of rotatable bonds is 4. The molecule has 2 fully saturated rings. The van der Waals surface area contributed by atoms with Crippen LogP contribution < -0.4 is 21.1 Å². The van der Waals surface area contributed by atoms with Gasteiger partial charge in [-0.3, -0.25) is 5.43 Å². The number of hydrogen-bond acceptors (Lipinski definition) is 7. The molecule has 1 unspecified atom stereocenters. The van der Waals surface area contributed by atoms with Crippen LogP contribution in [-0.4, -0.2) is 41.1 Å². The lowest BCUT2D eigenvalue weighted by Gasteiger charge is -2.20. The summed E-state index contributed by atoms with van der Waals surface area (Å²) in [5.74, 6) is 8.21. The fourth-order valence-electron chi connectivity index (χ4n) is 2.97. The fourth-order valence-corrected chi connectivity index (χ4v) is 2.97. The SMILES string of the molecule is CCC1CCN(c2nc(NN)nc(N3CCCC3)n2)C1. The molecule has 0 saturated carbocycles. The molecule has 7 nitrogen and oxygen atoms in total. The molecule has 3 heterocycles. The van der Waals surface area contributed by atoms with Crippen LogP contribution in [0.3, 0.4) is 0 Å². The van der Waals surface area contributed by atoms with Crippen LogP contribution in [0.5, 0.6) is 0 Å². The summed E-state index contributed by atoms with van der Waals surface area (Å²) in [6, 6.07) is 0. The third kappa shape index (κ3) is 2.63. The molecule has 2 aliphatic heterocycles. The number of hydrazine groups is 1. The van der Waals surface area contributed by atoms with Gasteiger partial charge in [0.15, 0.2) is 0 Å². The molecule has 1 atom stereocenters. The van der Waals surface area contributed by atoms with Crippen LogP contribution in [0.4, 0.5) is 17.8 Å². The molecule has 3 rings (SSSR count). The summed E-state index contributed by atoms with van der Waals surface area (Å²) < 4.78 is 0. The molecule has 20 heavy (non-hydrogen) atoms. The van der Waals surface area contributed by atoms with E-state index in [1.165, 1.54) is 25.7 Å². The van der Waals surface area contributed by atoms with Crippen molar-refractivity contribution in [3.8, 4) is 0 Å². The first-order chi connectivity index (χ1) is 9.80. The van der Waals surface area contributed by atoms with Gasteiger partial charge in [-0.15, -0.1) is 0 Å². The Morgan fingerprint density at radius 2 is 1.80 bits per heavy atom. The van der Waals surface area contributed by atoms with E-state index in [1.54, 1.807) is 0 Å². The van der Waals surface area contributed by atoms with Gasteiger partial charge >= 0.3 is 0 Å². The summed E-state index contributed by atoms with van der Waals surface area (Å²) in [7, 11) is 0. The summed E-state index contributed by atoms with van der Waals surface area (Å²) in [5, 5.41) is 0. The first kappa shape index (κ1) is 13.4. The highest BCUT2D eigenvalue weighted by atomic mass is 15.4. The Morgan fingerprint density at radius 1 is 1.10 bits per heavy atom. The zero-order valence-corrected chi connectivity index (χ0v) is 12.0. The molecule has 2 aliphatic rings. The van der Waals surface area contributed by atoms with E-state index < -0.39 is 0 Å². The maximum atomic E-state index is 5.50. The van der Waals surface area contributed by atoms with E-state index in [1.807, 2.05) is 0 Å². The van der Waals surface area contributed by atoms with E-state index in [0.29, 0.717) is 5.95 Å². The molecular weight excluding hydrogens is 254 g/mol. The summed E-state index contributed by atoms with van der Waals surface area (Å²) in [4.78, 5) is 17.9. The number of nitrogens with zero attached hydrogens (tertiary/aromatic N) is 5. The molecular formula is C13H23N7. The topological polar surface area (TPSA) is 83.2 Å². The molecule has 110 valence electrons. The zero-order chi connectivity index (χ0) is 13.9. The normalized spacial score (nSPS) is 22.6.